The molecule has 0 aliphatic rings. The predicted octanol–water partition coefficient (Wildman–Crippen LogP) is 3.03. The van der Waals surface area contributed by atoms with Gasteiger partial charge in [-0.2, -0.15) is 0 Å². The van der Waals surface area contributed by atoms with Crippen LogP contribution < -0.4 is 0 Å². The van der Waals surface area contributed by atoms with Crippen LogP contribution in [-0.4, -0.2) is 26.2 Å². The van der Waals surface area contributed by atoms with Crippen LogP contribution in [-0.2, 0) is 4.79 Å². The van der Waals surface area contributed by atoms with Gasteiger partial charge in [0.25, 0.3) is 0 Å². The van der Waals surface area contributed by atoms with Crippen LogP contribution in [0.25, 0.3) is 22.7 Å². The number of aromatic hydroxyl groups is 1. The van der Waals surface area contributed by atoms with E-state index in [1.807, 2.05) is 6.07 Å². The Labute approximate surface area is 124 Å². The third-order valence-corrected chi connectivity index (χ3v) is 3.27. The molecule has 0 fully saturated rings. The number of aromatic amines is 1. The number of phenols is 1. The number of rotatable bonds is 3. The molecule has 0 radical (unpaired) electrons. The average molecular weight is 298 g/mol. The molecule has 2 heterocycles. The Balaban J connectivity index is 2.15. The van der Waals surface area contributed by atoms with Gasteiger partial charge in [0, 0.05) is 23.3 Å². The molecule has 0 saturated carbocycles. The predicted molar refractivity (Wildman–Crippen MR) is 79.7 cm³/mol. The lowest BCUT2D eigenvalue weighted by molar-refractivity contribution is -0.130. The van der Waals surface area contributed by atoms with E-state index in [4.69, 9.17) is 0 Å². The van der Waals surface area contributed by atoms with Crippen molar-refractivity contribution in [2.75, 3.05) is 0 Å². The van der Waals surface area contributed by atoms with Gasteiger partial charge in [-0.25, -0.2) is 14.2 Å². The van der Waals surface area contributed by atoms with Crippen LogP contribution in [0.5, 0.6) is 5.75 Å². The van der Waals surface area contributed by atoms with Crippen molar-refractivity contribution in [1.29, 1.82) is 0 Å². The van der Waals surface area contributed by atoms with Gasteiger partial charge >= 0.3 is 5.97 Å². The maximum atomic E-state index is 13.4. The second kappa shape index (κ2) is 5.33. The van der Waals surface area contributed by atoms with Crippen molar-refractivity contribution in [3.8, 4) is 5.75 Å². The molecule has 6 heteroatoms. The van der Waals surface area contributed by atoms with Gasteiger partial charge in [0.05, 0.1) is 5.57 Å². The SMILES string of the molecule is O=C(O)/C(=C\c1c[nH]c2ncccc12)c1ccc(O)c(F)c1. The zero-order valence-corrected chi connectivity index (χ0v) is 11.2. The second-order valence-electron chi connectivity index (χ2n) is 4.67. The summed E-state index contributed by atoms with van der Waals surface area (Å²) >= 11 is 0. The molecule has 0 spiro atoms. The molecule has 0 saturated heterocycles. The third kappa shape index (κ3) is 2.42. The average Bonchev–Trinajstić information content (AvgIpc) is 2.91. The highest BCUT2D eigenvalue weighted by Gasteiger charge is 2.14. The lowest BCUT2D eigenvalue weighted by atomic mass is 10.0. The van der Waals surface area contributed by atoms with Crippen LogP contribution in [0.1, 0.15) is 11.1 Å². The first-order valence-corrected chi connectivity index (χ1v) is 6.42. The largest absolute Gasteiger partial charge is 0.505 e. The van der Waals surface area contributed by atoms with E-state index in [1.165, 1.54) is 12.1 Å². The van der Waals surface area contributed by atoms with E-state index in [2.05, 4.69) is 9.97 Å². The van der Waals surface area contributed by atoms with Crippen LogP contribution >= 0.6 is 0 Å². The Morgan fingerprint density at radius 3 is 2.86 bits per heavy atom. The van der Waals surface area contributed by atoms with Gasteiger partial charge in [-0.15, -0.1) is 0 Å². The maximum Gasteiger partial charge on any atom is 0.336 e. The Bertz CT molecular complexity index is 899. The van der Waals surface area contributed by atoms with Crippen LogP contribution in [0.4, 0.5) is 4.39 Å². The van der Waals surface area contributed by atoms with E-state index < -0.39 is 17.5 Å². The molecule has 2 aromatic heterocycles. The minimum atomic E-state index is -1.19. The highest BCUT2D eigenvalue weighted by Crippen LogP contribution is 2.26. The molecule has 1 aromatic carbocycles. The number of fused-ring (bicyclic) bond motifs is 1. The Hall–Kier alpha value is -3.15. The van der Waals surface area contributed by atoms with E-state index in [0.717, 1.165) is 17.5 Å². The van der Waals surface area contributed by atoms with E-state index in [-0.39, 0.29) is 11.1 Å². The highest BCUT2D eigenvalue weighted by molar-refractivity contribution is 6.21. The summed E-state index contributed by atoms with van der Waals surface area (Å²) in [7, 11) is 0. The summed E-state index contributed by atoms with van der Waals surface area (Å²) in [5, 5.41) is 19.4. The van der Waals surface area contributed by atoms with Crippen molar-refractivity contribution < 1.29 is 19.4 Å². The number of aliphatic carboxylic acids is 1. The summed E-state index contributed by atoms with van der Waals surface area (Å²) in [5.74, 6) is -2.58. The Morgan fingerprint density at radius 1 is 1.32 bits per heavy atom. The molecule has 110 valence electrons. The first-order valence-electron chi connectivity index (χ1n) is 6.42. The van der Waals surface area contributed by atoms with Crippen LogP contribution in [0.2, 0.25) is 0 Å². The van der Waals surface area contributed by atoms with Crippen molar-refractivity contribution in [3.05, 3.63) is 59.7 Å². The zero-order chi connectivity index (χ0) is 15.7. The van der Waals surface area contributed by atoms with E-state index in [0.29, 0.717) is 11.2 Å². The van der Waals surface area contributed by atoms with Gasteiger partial charge in [0.2, 0.25) is 0 Å². The number of pyridine rings is 1. The van der Waals surface area contributed by atoms with Gasteiger partial charge < -0.3 is 15.2 Å². The van der Waals surface area contributed by atoms with Crippen molar-refractivity contribution in [3.63, 3.8) is 0 Å². The lowest BCUT2D eigenvalue weighted by Crippen LogP contribution is -2.00. The molecule has 0 bridgehead atoms. The summed E-state index contributed by atoms with van der Waals surface area (Å²) in [6.07, 6.45) is 4.70. The van der Waals surface area contributed by atoms with Crippen LogP contribution in [0, 0.1) is 5.82 Å². The summed E-state index contributed by atoms with van der Waals surface area (Å²) in [4.78, 5) is 18.5. The number of benzene rings is 1. The van der Waals surface area contributed by atoms with Crippen LogP contribution in [0.15, 0.2) is 42.7 Å². The molecule has 0 aliphatic heterocycles. The first-order chi connectivity index (χ1) is 10.6. The van der Waals surface area contributed by atoms with Crippen LogP contribution in [0.3, 0.4) is 0 Å². The summed E-state index contributed by atoms with van der Waals surface area (Å²) in [5.41, 5.74) is 1.36. The number of H-pyrrole nitrogens is 1. The standard InChI is InChI=1S/C16H11FN2O3/c17-13-7-9(3-4-14(13)20)12(16(21)22)6-10-8-19-15-11(10)2-1-5-18-15/h1-8,20H,(H,18,19)(H,21,22)/b12-6-. The van der Waals surface area contributed by atoms with Crippen molar-refractivity contribution in [1.82, 2.24) is 9.97 Å². The smallest absolute Gasteiger partial charge is 0.336 e. The maximum absolute atomic E-state index is 13.4. The molecule has 3 aromatic rings. The van der Waals surface area contributed by atoms with Gasteiger partial charge in [-0.1, -0.05) is 6.07 Å². The number of carboxylic acid groups (broad SMARTS) is 1. The minimum Gasteiger partial charge on any atom is -0.505 e. The molecule has 3 rings (SSSR count). The number of halogens is 1. The first kappa shape index (κ1) is 13.8. The number of nitrogens with one attached hydrogen (secondary N) is 1. The topological polar surface area (TPSA) is 86.2 Å². The van der Waals surface area contributed by atoms with E-state index in [9.17, 15) is 19.4 Å². The van der Waals surface area contributed by atoms with Gasteiger partial charge in [0.1, 0.15) is 5.65 Å². The fraction of sp³-hybridized carbons (Fsp3) is 0. The Morgan fingerprint density at radius 2 is 2.14 bits per heavy atom. The summed E-state index contributed by atoms with van der Waals surface area (Å²) in [6.45, 7) is 0. The number of nitrogens with zero attached hydrogens (tertiary/aromatic N) is 1. The number of carboxylic acids is 1. The minimum absolute atomic E-state index is 0.0800. The molecule has 5 nitrogen and oxygen atoms in total. The molecular weight excluding hydrogens is 287 g/mol. The van der Waals surface area contributed by atoms with Crippen molar-refractivity contribution >= 4 is 28.7 Å². The molecule has 0 atom stereocenters. The summed E-state index contributed by atoms with van der Waals surface area (Å²) < 4.78 is 13.4. The Kier molecular flexibility index (Phi) is 3.34. The van der Waals surface area contributed by atoms with Crippen molar-refractivity contribution in [2.24, 2.45) is 0 Å². The zero-order valence-electron chi connectivity index (χ0n) is 11.2. The quantitative estimate of drug-likeness (QED) is 0.649. The molecule has 22 heavy (non-hydrogen) atoms. The van der Waals surface area contributed by atoms with E-state index >= 15 is 0 Å². The second-order valence-corrected chi connectivity index (χ2v) is 4.67. The highest BCUT2D eigenvalue weighted by atomic mass is 19.1. The summed E-state index contributed by atoms with van der Waals surface area (Å²) in [6, 6.07) is 7.02. The fourth-order valence-electron chi connectivity index (χ4n) is 2.20. The number of hydrogen-bond acceptors (Lipinski definition) is 3. The van der Waals surface area contributed by atoms with Gasteiger partial charge in [-0.3, -0.25) is 0 Å². The number of phenolic OH excluding ortho intramolecular Hbond substituents is 1. The number of hydrogen-bond donors (Lipinski definition) is 3. The normalized spacial score (nSPS) is 11.8. The number of aromatic nitrogens is 2. The third-order valence-electron chi connectivity index (χ3n) is 3.27. The number of carbonyl (C=O) groups is 1. The molecule has 0 aliphatic carbocycles. The van der Waals surface area contributed by atoms with Crippen molar-refractivity contribution in [2.45, 2.75) is 0 Å². The lowest BCUT2D eigenvalue weighted by Gasteiger charge is -2.04. The monoisotopic (exact) mass is 298 g/mol. The van der Waals surface area contributed by atoms with Gasteiger partial charge in [0.15, 0.2) is 11.6 Å². The molecule has 0 unspecified atom stereocenters. The fourth-order valence-corrected chi connectivity index (χ4v) is 2.20. The molecule has 3 N–H and O–H groups in total. The van der Waals surface area contributed by atoms with E-state index in [1.54, 1.807) is 18.5 Å². The molecule has 0 amide bonds. The van der Waals surface area contributed by atoms with Gasteiger partial charge in [-0.05, 0) is 35.9 Å². The molecular formula is C16H11FN2O3.